The van der Waals surface area contributed by atoms with Crippen molar-refractivity contribution >= 4 is 27.7 Å². The Bertz CT molecular complexity index is 1150. The average molecular weight is 457 g/mol. The molecule has 2 heterocycles. The van der Waals surface area contributed by atoms with Crippen LogP contribution >= 0.6 is 0 Å². The monoisotopic (exact) mass is 456 g/mol. The summed E-state index contributed by atoms with van der Waals surface area (Å²) in [5.74, 6) is -1.60. The van der Waals surface area contributed by atoms with Crippen LogP contribution < -0.4 is 9.62 Å². The van der Waals surface area contributed by atoms with E-state index in [-0.39, 0.29) is 36.6 Å². The number of esters is 1. The molecule has 1 aromatic carbocycles. The fraction of sp³-hybridized carbons (Fsp3) is 0.364. The van der Waals surface area contributed by atoms with Gasteiger partial charge in [0, 0.05) is 13.1 Å². The lowest BCUT2D eigenvalue weighted by Crippen LogP contribution is -2.55. The quantitative estimate of drug-likeness (QED) is 0.595. The Labute approximate surface area is 187 Å². The van der Waals surface area contributed by atoms with Gasteiger partial charge in [-0.05, 0) is 25.0 Å². The Hall–Kier alpha value is -3.45. The van der Waals surface area contributed by atoms with Crippen molar-refractivity contribution in [2.24, 2.45) is 5.92 Å². The molecule has 1 aliphatic rings. The molecule has 168 valence electrons. The first-order chi connectivity index (χ1) is 15.3. The number of carbonyl (C=O) groups is 2. The Kier molecular flexibility index (Phi) is 7.10. The molecule has 0 unspecified atom stereocenters. The van der Waals surface area contributed by atoms with Crippen LogP contribution in [0.1, 0.15) is 41.0 Å². The van der Waals surface area contributed by atoms with E-state index in [1.54, 1.807) is 42.2 Å². The number of hydrogen-bond donors (Lipinski definition) is 1. The molecule has 3 rings (SSSR count). The van der Waals surface area contributed by atoms with E-state index in [1.807, 2.05) is 13.0 Å². The van der Waals surface area contributed by atoms with E-state index in [1.165, 1.54) is 6.07 Å². The lowest BCUT2D eigenvalue weighted by Gasteiger charge is -2.39. The van der Waals surface area contributed by atoms with Gasteiger partial charge in [-0.2, -0.15) is 5.26 Å². The molecule has 0 spiro atoms. The van der Waals surface area contributed by atoms with Crippen molar-refractivity contribution in [3.63, 3.8) is 0 Å². The van der Waals surface area contributed by atoms with Gasteiger partial charge in [0.25, 0.3) is 0 Å². The fourth-order valence-electron chi connectivity index (χ4n) is 3.40. The van der Waals surface area contributed by atoms with Gasteiger partial charge in [0.05, 0.1) is 35.1 Å². The largest absolute Gasteiger partial charge is 0.462 e. The smallest absolute Gasteiger partial charge is 0.340 e. The summed E-state index contributed by atoms with van der Waals surface area (Å²) in [6, 6.07) is 12.1. The summed E-state index contributed by atoms with van der Waals surface area (Å²) in [6.07, 6.45) is 0.461. The number of ether oxygens (including phenoxy) is 1. The number of anilines is 1. The number of aromatic nitrogens is 1. The molecular weight excluding hydrogens is 432 g/mol. The number of amides is 1. The van der Waals surface area contributed by atoms with Crippen molar-refractivity contribution in [1.82, 2.24) is 9.71 Å². The Morgan fingerprint density at radius 3 is 2.53 bits per heavy atom. The molecule has 0 atom stereocenters. The molecule has 0 bridgehead atoms. The first-order valence-corrected chi connectivity index (χ1v) is 11.9. The van der Waals surface area contributed by atoms with Gasteiger partial charge < -0.3 is 9.64 Å². The molecule has 1 amide bonds. The normalized spacial score (nSPS) is 13.7. The van der Waals surface area contributed by atoms with Gasteiger partial charge >= 0.3 is 5.97 Å². The number of aryl methyl sites for hydroxylation is 1. The number of carbonyl (C=O) groups excluding carboxylic acids is 2. The minimum Gasteiger partial charge on any atom is -0.462 e. The van der Waals surface area contributed by atoms with Crippen LogP contribution in [0.5, 0.6) is 0 Å². The van der Waals surface area contributed by atoms with Crippen molar-refractivity contribution in [2.75, 3.05) is 24.6 Å². The molecule has 0 saturated carbocycles. The van der Waals surface area contributed by atoms with E-state index in [0.717, 1.165) is 0 Å². The standard InChI is InChI=1S/C22H24N4O5S/c1-3-19-18(22(28)31-4-2)10-16(11-23)20(24-19)26-12-17(13-26)21(27)25-32(29,30)14-15-8-6-5-7-9-15/h5-10,17H,3-4,12-14H2,1-2H3,(H,25,27). The first kappa shape index (κ1) is 23.2. The molecule has 2 aromatic rings. The zero-order chi connectivity index (χ0) is 23.3. The molecule has 1 saturated heterocycles. The lowest BCUT2D eigenvalue weighted by atomic mass is 9.98. The summed E-state index contributed by atoms with van der Waals surface area (Å²) < 4.78 is 31.8. The summed E-state index contributed by atoms with van der Waals surface area (Å²) in [4.78, 5) is 30.8. The van der Waals surface area contributed by atoms with E-state index in [2.05, 4.69) is 9.71 Å². The topological polar surface area (TPSA) is 129 Å². The van der Waals surface area contributed by atoms with Gasteiger partial charge in [-0.25, -0.2) is 18.2 Å². The highest BCUT2D eigenvalue weighted by Gasteiger charge is 2.37. The number of nitrogens with one attached hydrogen (secondary N) is 1. The number of nitriles is 1. The van der Waals surface area contributed by atoms with Crippen molar-refractivity contribution in [3.8, 4) is 6.07 Å². The highest BCUT2D eigenvalue weighted by molar-refractivity contribution is 7.89. The number of hydrogen-bond acceptors (Lipinski definition) is 8. The third-order valence-electron chi connectivity index (χ3n) is 5.04. The molecule has 10 heteroatoms. The van der Waals surface area contributed by atoms with Crippen LogP contribution in [0.2, 0.25) is 0 Å². The summed E-state index contributed by atoms with van der Waals surface area (Å²) in [7, 11) is -3.82. The molecule has 1 N–H and O–H groups in total. The van der Waals surface area contributed by atoms with Gasteiger partial charge in [0.2, 0.25) is 15.9 Å². The number of rotatable bonds is 8. The zero-order valence-electron chi connectivity index (χ0n) is 17.9. The van der Waals surface area contributed by atoms with Crippen LogP contribution in [0, 0.1) is 17.2 Å². The van der Waals surface area contributed by atoms with Crippen LogP contribution in [0.15, 0.2) is 36.4 Å². The highest BCUT2D eigenvalue weighted by Crippen LogP contribution is 2.28. The summed E-state index contributed by atoms with van der Waals surface area (Å²) in [5.41, 5.74) is 1.52. The maximum absolute atomic E-state index is 12.4. The number of pyridine rings is 1. The van der Waals surface area contributed by atoms with Gasteiger partial charge in [0.1, 0.15) is 11.9 Å². The Morgan fingerprint density at radius 2 is 1.94 bits per heavy atom. The number of sulfonamides is 1. The van der Waals surface area contributed by atoms with Gasteiger partial charge in [-0.15, -0.1) is 0 Å². The van der Waals surface area contributed by atoms with Crippen LogP contribution in [0.25, 0.3) is 0 Å². The fourth-order valence-corrected chi connectivity index (χ4v) is 4.58. The van der Waals surface area contributed by atoms with Crippen molar-refractivity contribution in [2.45, 2.75) is 26.0 Å². The van der Waals surface area contributed by atoms with Crippen molar-refractivity contribution < 1.29 is 22.7 Å². The molecule has 32 heavy (non-hydrogen) atoms. The Balaban J connectivity index is 1.68. The number of nitrogens with zero attached hydrogens (tertiary/aromatic N) is 3. The summed E-state index contributed by atoms with van der Waals surface area (Å²) >= 11 is 0. The van der Waals surface area contributed by atoms with E-state index in [4.69, 9.17) is 4.74 Å². The van der Waals surface area contributed by atoms with E-state index >= 15 is 0 Å². The van der Waals surface area contributed by atoms with Crippen LogP contribution in [-0.4, -0.2) is 45.0 Å². The van der Waals surface area contributed by atoms with E-state index < -0.39 is 27.8 Å². The third kappa shape index (κ3) is 5.23. The summed E-state index contributed by atoms with van der Waals surface area (Å²) in [5, 5.41) is 9.53. The molecule has 1 aromatic heterocycles. The number of benzene rings is 1. The predicted molar refractivity (Wildman–Crippen MR) is 117 cm³/mol. The van der Waals surface area contributed by atoms with E-state index in [9.17, 15) is 23.3 Å². The van der Waals surface area contributed by atoms with Crippen LogP contribution in [-0.2, 0) is 31.7 Å². The predicted octanol–water partition coefficient (Wildman–Crippen LogP) is 1.77. The van der Waals surface area contributed by atoms with Crippen LogP contribution in [0.3, 0.4) is 0 Å². The maximum Gasteiger partial charge on any atom is 0.340 e. The van der Waals surface area contributed by atoms with Gasteiger partial charge in [-0.1, -0.05) is 37.3 Å². The lowest BCUT2D eigenvalue weighted by molar-refractivity contribution is -0.123. The highest BCUT2D eigenvalue weighted by atomic mass is 32.2. The summed E-state index contributed by atoms with van der Waals surface area (Å²) in [6.45, 7) is 4.18. The second-order valence-corrected chi connectivity index (χ2v) is 9.07. The third-order valence-corrected chi connectivity index (χ3v) is 6.27. The molecule has 0 aliphatic carbocycles. The van der Waals surface area contributed by atoms with E-state index in [0.29, 0.717) is 23.5 Å². The molecule has 9 nitrogen and oxygen atoms in total. The van der Waals surface area contributed by atoms with Gasteiger partial charge in [0.15, 0.2) is 0 Å². The average Bonchev–Trinajstić information content (AvgIpc) is 2.72. The molecule has 1 aliphatic heterocycles. The zero-order valence-corrected chi connectivity index (χ0v) is 18.7. The Morgan fingerprint density at radius 1 is 1.25 bits per heavy atom. The van der Waals surface area contributed by atoms with Crippen molar-refractivity contribution in [3.05, 3.63) is 58.8 Å². The second kappa shape index (κ2) is 9.78. The maximum atomic E-state index is 12.4. The van der Waals surface area contributed by atoms with Crippen LogP contribution in [0.4, 0.5) is 5.82 Å². The van der Waals surface area contributed by atoms with Crippen molar-refractivity contribution in [1.29, 1.82) is 5.26 Å². The first-order valence-electron chi connectivity index (χ1n) is 10.2. The second-order valence-electron chi connectivity index (χ2n) is 7.35. The minimum atomic E-state index is -3.82. The minimum absolute atomic E-state index is 0.195. The molecule has 1 fully saturated rings. The SMILES string of the molecule is CCOC(=O)c1cc(C#N)c(N2CC(C(=O)NS(=O)(=O)Cc3ccccc3)C2)nc1CC. The molecular formula is C22H24N4O5S. The molecule has 0 radical (unpaired) electrons. The van der Waals surface area contributed by atoms with Gasteiger partial charge in [-0.3, -0.25) is 9.52 Å².